The minimum Gasteiger partial charge on any atom is -0.496 e. The lowest BCUT2D eigenvalue weighted by atomic mass is 10.0. The fourth-order valence-corrected chi connectivity index (χ4v) is 6.05. The molecule has 0 radical (unpaired) electrons. The third kappa shape index (κ3) is 4.55. The Morgan fingerprint density at radius 1 is 1.06 bits per heavy atom. The van der Waals surface area contributed by atoms with Crippen LogP contribution in [0.4, 0.5) is 0 Å². The summed E-state index contributed by atoms with van der Waals surface area (Å²) in [6, 6.07) is 20.4. The van der Waals surface area contributed by atoms with Crippen molar-refractivity contribution in [1.82, 2.24) is 15.2 Å². The second kappa shape index (κ2) is 9.40. The molecule has 4 aromatic rings. The predicted molar refractivity (Wildman–Crippen MR) is 132 cm³/mol. The third-order valence-corrected chi connectivity index (χ3v) is 8.13. The van der Waals surface area contributed by atoms with Crippen LogP contribution < -0.4 is 10.1 Å². The van der Waals surface area contributed by atoms with Crippen LogP contribution in [0.25, 0.3) is 20.1 Å². The van der Waals surface area contributed by atoms with Crippen LogP contribution in [0.5, 0.6) is 5.75 Å². The first-order chi connectivity index (χ1) is 15.7. The fourth-order valence-electron chi connectivity index (χ4n) is 4.12. The van der Waals surface area contributed by atoms with Gasteiger partial charge < -0.3 is 10.1 Å². The normalized spacial score (nSPS) is 15.2. The second-order valence-corrected chi connectivity index (χ2v) is 10.1. The smallest absolute Gasteiger partial charge is 0.261 e. The Kier molecular flexibility index (Phi) is 6.21. The summed E-state index contributed by atoms with van der Waals surface area (Å²) in [5, 5.41) is 4.21. The predicted octanol–water partition coefficient (Wildman–Crippen LogP) is 5.43. The molecule has 1 N–H and O–H groups in total. The maximum absolute atomic E-state index is 12.8. The number of aromatic nitrogens is 1. The zero-order chi connectivity index (χ0) is 21.9. The standard InChI is InChI=1S/C25H25N3O2S2/c1-30-20-8-4-2-6-17(20)16-28-14-12-18(13-15-28)26-24(29)22-10-11-23(31-22)25-27-19-7-3-5-9-21(19)32-25/h2-11,18H,12-16H2,1H3,(H,26,29). The highest BCUT2D eigenvalue weighted by atomic mass is 32.1. The molecule has 1 aliphatic heterocycles. The van der Waals surface area contributed by atoms with Crippen molar-refractivity contribution in [2.75, 3.05) is 20.2 Å². The maximum Gasteiger partial charge on any atom is 0.261 e. The van der Waals surface area contributed by atoms with Crippen molar-refractivity contribution in [3.8, 4) is 15.6 Å². The first-order valence-corrected chi connectivity index (χ1v) is 12.4. The van der Waals surface area contributed by atoms with E-state index in [1.54, 1.807) is 18.4 Å². The number of fused-ring (bicyclic) bond motifs is 1. The number of methoxy groups -OCH3 is 1. The molecule has 0 spiro atoms. The summed E-state index contributed by atoms with van der Waals surface area (Å²) in [7, 11) is 1.72. The number of carbonyl (C=O) groups excluding carboxylic acids is 1. The zero-order valence-corrected chi connectivity index (χ0v) is 19.5. The van der Waals surface area contributed by atoms with Crippen LogP contribution in [0.3, 0.4) is 0 Å². The Morgan fingerprint density at radius 2 is 1.84 bits per heavy atom. The Labute approximate surface area is 195 Å². The summed E-state index contributed by atoms with van der Waals surface area (Å²) in [4.78, 5) is 21.8. The number of piperidine rings is 1. The second-order valence-electron chi connectivity index (χ2n) is 7.99. The van der Waals surface area contributed by atoms with Crippen molar-refractivity contribution in [3.05, 3.63) is 71.1 Å². The first kappa shape index (κ1) is 21.1. The molecular formula is C25H25N3O2S2. The molecule has 1 aliphatic rings. The van der Waals surface area contributed by atoms with E-state index in [0.717, 1.165) is 58.5 Å². The topological polar surface area (TPSA) is 54.5 Å². The molecule has 32 heavy (non-hydrogen) atoms. The van der Waals surface area contributed by atoms with E-state index in [1.165, 1.54) is 21.6 Å². The summed E-state index contributed by atoms with van der Waals surface area (Å²) in [6.07, 6.45) is 1.91. The molecule has 5 rings (SSSR count). The van der Waals surface area contributed by atoms with Crippen LogP contribution in [-0.2, 0) is 6.54 Å². The highest BCUT2D eigenvalue weighted by Gasteiger charge is 2.23. The lowest BCUT2D eigenvalue weighted by Gasteiger charge is -2.32. The Bertz CT molecular complexity index is 1190. The van der Waals surface area contributed by atoms with E-state index in [-0.39, 0.29) is 11.9 Å². The number of thiazole rings is 1. The van der Waals surface area contributed by atoms with Crippen LogP contribution >= 0.6 is 22.7 Å². The van der Waals surface area contributed by atoms with Gasteiger partial charge in [-0.3, -0.25) is 9.69 Å². The van der Waals surface area contributed by atoms with Gasteiger partial charge in [0.05, 0.1) is 27.1 Å². The number of rotatable bonds is 6. The molecule has 164 valence electrons. The van der Waals surface area contributed by atoms with Gasteiger partial charge in [-0.2, -0.15) is 0 Å². The van der Waals surface area contributed by atoms with Gasteiger partial charge in [0.15, 0.2) is 0 Å². The number of para-hydroxylation sites is 2. The van der Waals surface area contributed by atoms with Gasteiger partial charge in [0.1, 0.15) is 10.8 Å². The zero-order valence-electron chi connectivity index (χ0n) is 17.9. The summed E-state index contributed by atoms with van der Waals surface area (Å²) < 4.78 is 6.64. The molecule has 0 unspecified atom stereocenters. The number of carbonyl (C=O) groups is 1. The lowest BCUT2D eigenvalue weighted by Crippen LogP contribution is -2.44. The lowest BCUT2D eigenvalue weighted by molar-refractivity contribution is 0.0913. The molecule has 7 heteroatoms. The van der Waals surface area contributed by atoms with Crippen molar-refractivity contribution in [1.29, 1.82) is 0 Å². The average Bonchev–Trinajstić information content (AvgIpc) is 3.48. The van der Waals surface area contributed by atoms with Gasteiger partial charge in [-0.15, -0.1) is 22.7 Å². The molecule has 0 bridgehead atoms. The number of amides is 1. The fraction of sp³-hybridized carbons (Fsp3) is 0.280. The van der Waals surface area contributed by atoms with E-state index in [2.05, 4.69) is 28.4 Å². The van der Waals surface area contributed by atoms with Gasteiger partial charge >= 0.3 is 0 Å². The summed E-state index contributed by atoms with van der Waals surface area (Å²) in [5.41, 5.74) is 2.21. The summed E-state index contributed by atoms with van der Waals surface area (Å²) >= 11 is 3.18. The van der Waals surface area contributed by atoms with Crippen LogP contribution in [0.2, 0.25) is 0 Å². The van der Waals surface area contributed by atoms with Crippen LogP contribution in [0.15, 0.2) is 60.7 Å². The molecule has 2 aromatic heterocycles. The van der Waals surface area contributed by atoms with Gasteiger partial charge in [-0.05, 0) is 43.2 Å². The highest BCUT2D eigenvalue weighted by Crippen LogP contribution is 2.34. The molecule has 2 aromatic carbocycles. The Balaban J connectivity index is 1.17. The van der Waals surface area contributed by atoms with Crippen LogP contribution in [-0.4, -0.2) is 42.0 Å². The van der Waals surface area contributed by atoms with Crippen molar-refractivity contribution in [3.63, 3.8) is 0 Å². The first-order valence-electron chi connectivity index (χ1n) is 10.8. The van der Waals surface area contributed by atoms with Gasteiger partial charge in [0.2, 0.25) is 0 Å². The minimum absolute atomic E-state index is 0.0190. The van der Waals surface area contributed by atoms with E-state index >= 15 is 0 Å². The SMILES string of the molecule is COc1ccccc1CN1CCC(NC(=O)c2ccc(-c3nc4ccccc4s3)s2)CC1. The molecule has 1 amide bonds. The Hall–Kier alpha value is -2.74. The van der Waals surface area contributed by atoms with Gasteiger partial charge in [-0.25, -0.2) is 4.98 Å². The Morgan fingerprint density at radius 3 is 2.66 bits per heavy atom. The molecule has 5 nitrogen and oxygen atoms in total. The molecule has 0 atom stereocenters. The van der Waals surface area contributed by atoms with E-state index in [0.29, 0.717) is 0 Å². The van der Waals surface area contributed by atoms with E-state index in [4.69, 9.17) is 9.72 Å². The van der Waals surface area contributed by atoms with Crippen LogP contribution in [0.1, 0.15) is 28.1 Å². The van der Waals surface area contributed by atoms with E-state index < -0.39 is 0 Å². The van der Waals surface area contributed by atoms with E-state index in [1.807, 2.05) is 42.5 Å². The number of likely N-dealkylation sites (tertiary alicyclic amines) is 1. The summed E-state index contributed by atoms with van der Waals surface area (Å²) in [5.74, 6) is 0.954. The number of nitrogens with one attached hydrogen (secondary N) is 1. The van der Waals surface area contributed by atoms with Crippen molar-refractivity contribution in [2.24, 2.45) is 0 Å². The van der Waals surface area contributed by atoms with Crippen molar-refractivity contribution < 1.29 is 9.53 Å². The highest BCUT2D eigenvalue weighted by molar-refractivity contribution is 7.26. The van der Waals surface area contributed by atoms with Crippen molar-refractivity contribution in [2.45, 2.75) is 25.4 Å². The van der Waals surface area contributed by atoms with Gasteiger partial charge in [0, 0.05) is 31.2 Å². The quantitative estimate of drug-likeness (QED) is 0.414. The largest absolute Gasteiger partial charge is 0.496 e. The average molecular weight is 464 g/mol. The van der Waals surface area contributed by atoms with Crippen LogP contribution in [0, 0.1) is 0 Å². The number of nitrogens with zero attached hydrogens (tertiary/aromatic N) is 2. The number of hydrogen-bond donors (Lipinski definition) is 1. The number of ether oxygens (including phenoxy) is 1. The molecule has 0 aliphatic carbocycles. The molecule has 1 fully saturated rings. The van der Waals surface area contributed by atoms with E-state index in [9.17, 15) is 4.79 Å². The third-order valence-electron chi connectivity index (χ3n) is 5.84. The molecular weight excluding hydrogens is 438 g/mol. The molecule has 3 heterocycles. The number of hydrogen-bond acceptors (Lipinski definition) is 6. The molecule has 1 saturated heterocycles. The van der Waals surface area contributed by atoms with Crippen molar-refractivity contribution >= 4 is 38.8 Å². The van der Waals surface area contributed by atoms with Gasteiger partial charge in [-0.1, -0.05) is 30.3 Å². The monoisotopic (exact) mass is 463 g/mol. The number of benzene rings is 2. The molecule has 0 saturated carbocycles. The number of thiophene rings is 1. The van der Waals surface area contributed by atoms with Gasteiger partial charge in [0.25, 0.3) is 5.91 Å². The minimum atomic E-state index is 0.0190. The maximum atomic E-state index is 12.8. The summed E-state index contributed by atoms with van der Waals surface area (Å²) in [6.45, 7) is 2.80.